The largest absolute Gasteiger partial charge is 0.481 e. The molecule has 0 heterocycles. The third kappa shape index (κ3) is 6.81. The van der Waals surface area contributed by atoms with E-state index in [1.807, 2.05) is 0 Å². The first kappa shape index (κ1) is 21.1. The lowest BCUT2D eigenvalue weighted by Crippen LogP contribution is -2.49. The first-order valence-corrected chi connectivity index (χ1v) is 7.77. The number of hydrogen-bond acceptors (Lipinski definition) is 3. The molecule has 9 heteroatoms. The van der Waals surface area contributed by atoms with E-state index in [1.54, 1.807) is 19.1 Å². The molecule has 1 rings (SSSR count). The van der Waals surface area contributed by atoms with Gasteiger partial charge >= 0.3 is 6.18 Å². The summed E-state index contributed by atoms with van der Waals surface area (Å²) in [7, 11) is 2.80. The van der Waals surface area contributed by atoms with Crippen LogP contribution in [0.5, 0.6) is 5.75 Å². The summed E-state index contributed by atoms with van der Waals surface area (Å²) in [4.78, 5) is 25.7. The maximum atomic E-state index is 12.7. The molecule has 0 spiro atoms. The van der Waals surface area contributed by atoms with Crippen LogP contribution in [0.1, 0.15) is 12.5 Å². The van der Waals surface area contributed by atoms with E-state index in [2.05, 4.69) is 0 Å². The van der Waals surface area contributed by atoms with E-state index in [-0.39, 0.29) is 0 Å². The zero-order valence-electron chi connectivity index (χ0n) is 14.4. The average molecular weight is 381 g/mol. The van der Waals surface area contributed by atoms with Gasteiger partial charge in [-0.05, 0) is 37.6 Å². The summed E-state index contributed by atoms with van der Waals surface area (Å²) in [6.07, 6.45) is -5.82. The molecule has 0 saturated carbocycles. The van der Waals surface area contributed by atoms with Crippen LogP contribution in [0.15, 0.2) is 18.2 Å². The number of rotatable bonds is 6. The van der Waals surface area contributed by atoms with Crippen LogP contribution < -0.4 is 4.74 Å². The van der Waals surface area contributed by atoms with E-state index in [0.717, 1.165) is 4.90 Å². The van der Waals surface area contributed by atoms with E-state index in [0.29, 0.717) is 21.2 Å². The fourth-order valence-electron chi connectivity index (χ4n) is 1.98. The molecule has 0 fully saturated rings. The molecule has 1 atom stereocenters. The number of likely N-dealkylation sites (N-methyl/N-ethyl adjacent to an activating group) is 1. The summed E-state index contributed by atoms with van der Waals surface area (Å²) in [5, 5.41) is 0.471. The first-order valence-electron chi connectivity index (χ1n) is 7.39. The van der Waals surface area contributed by atoms with Crippen molar-refractivity contribution in [3.63, 3.8) is 0 Å². The van der Waals surface area contributed by atoms with Crippen molar-refractivity contribution in [2.24, 2.45) is 0 Å². The molecule has 0 aromatic heterocycles. The summed E-state index contributed by atoms with van der Waals surface area (Å²) in [5.41, 5.74) is 0.638. The highest BCUT2D eigenvalue weighted by molar-refractivity contribution is 6.30. The van der Waals surface area contributed by atoms with Gasteiger partial charge in [0, 0.05) is 19.1 Å². The van der Waals surface area contributed by atoms with Crippen molar-refractivity contribution in [2.75, 3.05) is 27.2 Å². The number of hydrogen-bond donors (Lipinski definition) is 0. The smallest absolute Gasteiger partial charge is 0.406 e. The molecular formula is C16H20ClF3N2O3. The van der Waals surface area contributed by atoms with Gasteiger partial charge in [-0.1, -0.05) is 11.6 Å². The number of benzene rings is 1. The fourth-order valence-corrected chi connectivity index (χ4v) is 2.20. The summed E-state index contributed by atoms with van der Waals surface area (Å²) in [6.45, 7) is 0.818. The zero-order chi connectivity index (χ0) is 19.4. The summed E-state index contributed by atoms with van der Waals surface area (Å²) in [5.74, 6) is -1.22. The Morgan fingerprint density at radius 1 is 1.28 bits per heavy atom. The fraction of sp³-hybridized carbons (Fsp3) is 0.500. The maximum Gasteiger partial charge on any atom is 0.406 e. The predicted octanol–water partition coefficient (Wildman–Crippen LogP) is 2.89. The van der Waals surface area contributed by atoms with Crippen LogP contribution in [-0.4, -0.2) is 61.1 Å². The van der Waals surface area contributed by atoms with Crippen molar-refractivity contribution in [1.82, 2.24) is 9.80 Å². The summed E-state index contributed by atoms with van der Waals surface area (Å²) >= 11 is 5.83. The zero-order valence-corrected chi connectivity index (χ0v) is 15.1. The van der Waals surface area contributed by atoms with Crippen LogP contribution in [0.3, 0.4) is 0 Å². The molecule has 0 radical (unpaired) electrons. The highest BCUT2D eigenvalue weighted by atomic mass is 35.5. The SMILES string of the molecule is Cc1cc(Cl)ccc1OC(C)C(=O)N(CC(=O)N(C)C)CC(F)(F)F. The maximum absolute atomic E-state index is 12.7. The predicted molar refractivity (Wildman–Crippen MR) is 87.6 cm³/mol. The number of ether oxygens (including phenoxy) is 1. The number of alkyl halides is 3. The number of carbonyl (C=O) groups is 2. The van der Waals surface area contributed by atoms with Crippen LogP contribution in [0.2, 0.25) is 5.02 Å². The van der Waals surface area contributed by atoms with E-state index in [4.69, 9.17) is 16.3 Å². The molecule has 0 aliphatic heterocycles. The lowest BCUT2D eigenvalue weighted by atomic mass is 10.2. The topological polar surface area (TPSA) is 49.9 Å². The average Bonchev–Trinajstić information content (AvgIpc) is 2.46. The van der Waals surface area contributed by atoms with Gasteiger partial charge in [0.2, 0.25) is 5.91 Å². The van der Waals surface area contributed by atoms with Crippen LogP contribution >= 0.6 is 11.6 Å². The van der Waals surface area contributed by atoms with Crippen molar-refractivity contribution in [2.45, 2.75) is 26.1 Å². The molecular weight excluding hydrogens is 361 g/mol. The molecule has 2 amide bonds. The third-order valence-electron chi connectivity index (χ3n) is 3.30. The number of halogens is 4. The minimum atomic E-state index is -4.63. The van der Waals surface area contributed by atoms with Crippen molar-refractivity contribution in [3.8, 4) is 5.75 Å². The van der Waals surface area contributed by atoms with E-state index >= 15 is 0 Å². The Bertz CT molecular complexity index is 636. The number of nitrogens with zero attached hydrogens (tertiary/aromatic N) is 2. The summed E-state index contributed by atoms with van der Waals surface area (Å²) < 4.78 is 43.7. The van der Waals surface area contributed by atoms with Gasteiger partial charge in [0.1, 0.15) is 18.8 Å². The van der Waals surface area contributed by atoms with Crippen LogP contribution in [0, 0.1) is 6.92 Å². The van der Waals surface area contributed by atoms with Crippen molar-refractivity contribution < 1.29 is 27.5 Å². The van der Waals surface area contributed by atoms with E-state index in [9.17, 15) is 22.8 Å². The third-order valence-corrected chi connectivity index (χ3v) is 3.53. The van der Waals surface area contributed by atoms with Gasteiger partial charge in [-0.3, -0.25) is 9.59 Å². The molecule has 25 heavy (non-hydrogen) atoms. The highest BCUT2D eigenvalue weighted by Gasteiger charge is 2.36. The lowest BCUT2D eigenvalue weighted by molar-refractivity contribution is -0.167. The molecule has 1 aromatic rings. The van der Waals surface area contributed by atoms with Gasteiger partial charge in [0.15, 0.2) is 6.10 Å². The van der Waals surface area contributed by atoms with E-state index in [1.165, 1.54) is 27.1 Å². The van der Waals surface area contributed by atoms with Crippen LogP contribution in [-0.2, 0) is 9.59 Å². The molecule has 0 saturated heterocycles. The number of amides is 2. The second-order valence-electron chi connectivity index (χ2n) is 5.77. The van der Waals surface area contributed by atoms with Gasteiger partial charge in [0.25, 0.3) is 5.91 Å². The monoisotopic (exact) mass is 380 g/mol. The Kier molecular flexibility index (Phi) is 7.10. The van der Waals surface area contributed by atoms with Gasteiger partial charge in [0.05, 0.1) is 0 Å². The van der Waals surface area contributed by atoms with Gasteiger partial charge in [-0.2, -0.15) is 13.2 Å². The van der Waals surface area contributed by atoms with Crippen molar-refractivity contribution in [3.05, 3.63) is 28.8 Å². The molecule has 1 aromatic carbocycles. The van der Waals surface area contributed by atoms with Gasteiger partial charge in [-0.15, -0.1) is 0 Å². The molecule has 0 aliphatic carbocycles. The quantitative estimate of drug-likeness (QED) is 0.762. The second-order valence-corrected chi connectivity index (χ2v) is 6.20. The molecule has 0 N–H and O–H groups in total. The molecule has 0 bridgehead atoms. The Labute approximate surface area is 149 Å². The molecule has 1 unspecified atom stereocenters. The molecule has 0 aliphatic rings. The van der Waals surface area contributed by atoms with Gasteiger partial charge < -0.3 is 14.5 Å². The van der Waals surface area contributed by atoms with Crippen LogP contribution in [0.4, 0.5) is 13.2 Å². The first-order chi connectivity index (χ1) is 11.4. The number of carbonyl (C=O) groups excluding carboxylic acids is 2. The van der Waals surface area contributed by atoms with Crippen molar-refractivity contribution >= 4 is 23.4 Å². The molecule has 140 valence electrons. The van der Waals surface area contributed by atoms with Crippen LogP contribution in [0.25, 0.3) is 0 Å². The second kappa shape index (κ2) is 8.42. The Balaban J connectivity index is 2.92. The Morgan fingerprint density at radius 3 is 2.36 bits per heavy atom. The minimum Gasteiger partial charge on any atom is -0.481 e. The number of aryl methyl sites for hydroxylation is 1. The summed E-state index contributed by atoms with van der Waals surface area (Å²) in [6, 6.07) is 4.68. The Hall–Kier alpha value is -1.96. The van der Waals surface area contributed by atoms with Crippen molar-refractivity contribution in [1.29, 1.82) is 0 Å². The van der Waals surface area contributed by atoms with Gasteiger partial charge in [-0.25, -0.2) is 0 Å². The lowest BCUT2D eigenvalue weighted by Gasteiger charge is -2.27. The molecule has 5 nitrogen and oxygen atoms in total. The minimum absolute atomic E-state index is 0.330. The van der Waals surface area contributed by atoms with E-state index < -0.39 is 37.2 Å². The normalized spacial score (nSPS) is 12.5. The Morgan fingerprint density at radius 2 is 1.88 bits per heavy atom. The highest BCUT2D eigenvalue weighted by Crippen LogP contribution is 2.24. The standard InChI is InChI=1S/C16H20ClF3N2O3/c1-10-7-12(17)5-6-13(10)25-11(2)15(24)22(9-16(18,19)20)8-14(23)21(3)4/h5-7,11H,8-9H2,1-4H3.